The van der Waals surface area contributed by atoms with Crippen molar-refractivity contribution in [2.24, 2.45) is 0 Å². The lowest BCUT2D eigenvalue weighted by Gasteiger charge is -2.08. The van der Waals surface area contributed by atoms with E-state index in [1.54, 1.807) is 23.1 Å². The van der Waals surface area contributed by atoms with Crippen molar-refractivity contribution >= 4 is 34.7 Å². The molecule has 0 radical (unpaired) electrons. The summed E-state index contributed by atoms with van der Waals surface area (Å²) >= 11 is 3.26. The van der Waals surface area contributed by atoms with Gasteiger partial charge in [-0.05, 0) is 38.8 Å². The van der Waals surface area contributed by atoms with E-state index in [2.05, 4.69) is 35.6 Å². The Labute approximate surface area is 181 Å². The Bertz CT molecular complexity index is 977. The second-order valence-electron chi connectivity index (χ2n) is 7.13. The Morgan fingerprint density at radius 2 is 2.00 bits per heavy atom. The van der Waals surface area contributed by atoms with Crippen LogP contribution >= 0.6 is 23.1 Å². The Hall–Kier alpha value is -2.12. The van der Waals surface area contributed by atoms with Gasteiger partial charge in [0.05, 0.1) is 17.8 Å². The highest BCUT2D eigenvalue weighted by molar-refractivity contribution is 7.98. The van der Waals surface area contributed by atoms with Gasteiger partial charge < -0.3 is 9.88 Å². The van der Waals surface area contributed by atoms with Gasteiger partial charge in [-0.1, -0.05) is 43.3 Å². The standard InChI is InChI=1S/C22H28N4OS2/c1-5-6-11-26-17(4)16(3)23-22(26)29-14-18-13-28-21(24-18)12-20(27)25-19-10-8-7-9-15(19)2/h7-10,13H,5-6,11-12,14H2,1-4H3,(H,25,27). The molecular weight excluding hydrogens is 400 g/mol. The highest BCUT2D eigenvalue weighted by Crippen LogP contribution is 2.26. The van der Waals surface area contributed by atoms with Gasteiger partial charge in [0.1, 0.15) is 5.01 Å². The van der Waals surface area contributed by atoms with E-state index < -0.39 is 0 Å². The van der Waals surface area contributed by atoms with Crippen molar-refractivity contribution in [3.8, 4) is 0 Å². The maximum Gasteiger partial charge on any atom is 0.231 e. The lowest BCUT2D eigenvalue weighted by atomic mass is 10.2. The lowest BCUT2D eigenvalue weighted by molar-refractivity contribution is -0.115. The van der Waals surface area contributed by atoms with Crippen LogP contribution < -0.4 is 5.32 Å². The molecular formula is C22H28N4OS2. The van der Waals surface area contributed by atoms with Crippen molar-refractivity contribution in [2.75, 3.05) is 5.32 Å². The van der Waals surface area contributed by atoms with Crippen LogP contribution in [0.25, 0.3) is 0 Å². The monoisotopic (exact) mass is 428 g/mol. The third kappa shape index (κ3) is 5.70. The van der Waals surface area contributed by atoms with E-state index in [0.717, 1.165) is 51.5 Å². The first-order chi connectivity index (χ1) is 14.0. The highest BCUT2D eigenvalue weighted by atomic mass is 32.2. The second-order valence-corrected chi connectivity index (χ2v) is 9.02. The number of carbonyl (C=O) groups excluding carboxylic acids is 1. The number of rotatable bonds is 9. The van der Waals surface area contributed by atoms with Gasteiger partial charge in [0.25, 0.3) is 0 Å². The number of imidazole rings is 1. The van der Waals surface area contributed by atoms with E-state index in [0.29, 0.717) is 6.42 Å². The number of thiazole rings is 1. The zero-order chi connectivity index (χ0) is 20.8. The van der Waals surface area contributed by atoms with Gasteiger partial charge in [0.2, 0.25) is 5.91 Å². The molecule has 1 aromatic carbocycles. The maximum atomic E-state index is 12.3. The van der Waals surface area contributed by atoms with Crippen LogP contribution in [-0.4, -0.2) is 20.4 Å². The number of nitrogens with zero attached hydrogens (tertiary/aromatic N) is 3. The Kier molecular flexibility index (Phi) is 7.50. The summed E-state index contributed by atoms with van der Waals surface area (Å²) in [6, 6.07) is 7.80. The van der Waals surface area contributed by atoms with Gasteiger partial charge in [-0.3, -0.25) is 4.79 Å². The van der Waals surface area contributed by atoms with Crippen molar-refractivity contribution < 1.29 is 4.79 Å². The molecule has 29 heavy (non-hydrogen) atoms. The molecule has 0 bridgehead atoms. The fourth-order valence-electron chi connectivity index (χ4n) is 2.99. The summed E-state index contributed by atoms with van der Waals surface area (Å²) in [5, 5.41) is 6.91. The molecule has 0 spiro atoms. The average molecular weight is 429 g/mol. The van der Waals surface area contributed by atoms with Crippen LogP contribution in [0.4, 0.5) is 5.69 Å². The van der Waals surface area contributed by atoms with Crippen LogP contribution in [0, 0.1) is 20.8 Å². The minimum atomic E-state index is -0.0331. The molecule has 0 aliphatic heterocycles. The molecule has 3 rings (SSSR count). The Morgan fingerprint density at radius 3 is 2.76 bits per heavy atom. The lowest BCUT2D eigenvalue weighted by Crippen LogP contribution is -2.15. The van der Waals surface area contributed by atoms with E-state index in [-0.39, 0.29) is 5.91 Å². The number of thioether (sulfide) groups is 1. The summed E-state index contributed by atoms with van der Waals surface area (Å²) < 4.78 is 2.31. The molecule has 0 saturated heterocycles. The second kappa shape index (κ2) is 10.1. The fourth-order valence-corrected chi connectivity index (χ4v) is 4.90. The van der Waals surface area contributed by atoms with E-state index >= 15 is 0 Å². The van der Waals surface area contributed by atoms with Crippen molar-refractivity contribution in [3.63, 3.8) is 0 Å². The van der Waals surface area contributed by atoms with E-state index in [1.165, 1.54) is 12.1 Å². The third-order valence-corrected chi connectivity index (χ3v) is 6.75. The largest absolute Gasteiger partial charge is 0.325 e. The fraction of sp³-hybridized carbons (Fsp3) is 0.409. The van der Waals surface area contributed by atoms with Gasteiger partial charge >= 0.3 is 0 Å². The number of para-hydroxylation sites is 1. The number of aryl methyl sites for hydroxylation is 2. The van der Waals surface area contributed by atoms with Gasteiger partial charge in [-0.15, -0.1) is 11.3 Å². The number of anilines is 1. The van der Waals surface area contributed by atoms with Crippen LogP contribution in [0.5, 0.6) is 0 Å². The number of carbonyl (C=O) groups is 1. The van der Waals surface area contributed by atoms with Crippen molar-refractivity contribution in [2.45, 2.75) is 64.4 Å². The summed E-state index contributed by atoms with van der Waals surface area (Å²) in [5.41, 5.74) is 5.25. The van der Waals surface area contributed by atoms with Crippen molar-refractivity contribution in [3.05, 3.63) is 57.3 Å². The SMILES string of the molecule is CCCCn1c(SCc2csc(CC(=O)Nc3ccccc3C)n2)nc(C)c1C. The van der Waals surface area contributed by atoms with E-state index in [4.69, 9.17) is 4.98 Å². The average Bonchev–Trinajstić information content (AvgIpc) is 3.24. The molecule has 0 unspecified atom stereocenters. The minimum absolute atomic E-state index is 0.0331. The molecule has 7 heteroatoms. The van der Waals surface area contributed by atoms with E-state index in [1.807, 2.05) is 36.6 Å². The topological polar surface area (TPSA) is 59.8 Å². The number of nitrogens with one attached hydrogen (secondary N) is 1. The van der Waals surface area contributed by atoms with E-state index in [9.17, 15) is 4.79 Å². The molecule has 1 amide bonds. The first kappa shape index (κ1) is 21.6. The first-order valence-electron chi connectivity index (χ1n) is 9.93. The molecule has 3 aromatic rings. The number of hydrogen-bond acceptors (Lipinski definition) is 5. The van der Waals surface area contributed by atoms with Crippen molar-refractivity contribution in [1.29, 1.82) is 0 Å². The van der Waals surface area contributed by atoms with Gasteiger partial charge in [0.15, 0.2) is 5.16 Å². The predicted molar refractivity (Wildman–Crippen MR) is 122 cm³/mol. The van der Waals surface area contributed by atoms with Crippen LogP contribution in [0.1, 0.15) is 47.4 Å². The molecule has 0 aliphatic rings. The summed E-state index contributed by atoms with van der Waals surface area (Å²) in [6.45, 7) is 9.40. The minimum Gasteiger partial charge on any atom is -0.325 e. The number of benzene rings is 1. The van der Waals surface area contributed by atoms with Gasteiger partial charge in [0, 0.05) is 29.1 Å². The van der Waals surface area contributed by atoms with Crippen LogP contribution in [0.15, 0.2) is 34.8 Å². The maximum absolute atomic E-state index is 12.3. The Balaban J connectivity index is 1.58. The quantitative estimate of drug-likeness (QED) is 0.455. The third-order valence-electron chi connectivity index (χ3n) is 4.84. The molecule has 0 atom stereocenters. The zero-order valence-corrected chi connectivity index (χ0v) is 19.1. The van der Waals surface area contributed by atoms with Crippen molar-refractivity contribution in [1.82, 2.24) is 14.5 Å². The molecule has 0 fully saturated rings. The number of amides is 1. The smallest absolute Gasteiger partial charge is 0.231 e. The molecule has 2 aromatic heterocycles. The van der Waals surface area contributed by atoms with Crippen LogP contribution in [0.2, 0.25) is 0 Å². The predicted octanol–water partition coefficient (Wildman–Crippen LogP) is 5.54. The first-order valence-corrected chi connectivity index (χ1v) is 11.8. The molecule has 0 saturated carbocycles. The molecule has 1 N–H and O–H groups in total. The van der Waals surface area contributed by atoms with Gasteiger partial charge in [-0.2, -0.15) is 0 Å². The number of hydrogen-bond donors (Lipinski definition) is 1. The summed E-state index contributed by atoms with van der Waals surface area (Å²) in [7, 11) is 0. The Morgan fingerprint density at radius 1 is 1.21 bits per heavy atom. The molecule has 154 valence electrons. The number of aromatic nitrogens is 3. The van der Waals surface area contributed by atoms with Crippen LogP contribution in [0.3, 0.4) is 0 Å². The van der Waals surface area contributed by atoms with Crippen LogP contribution in [-0.2, 0) is 23.5 Å². The summed E-state index contributed by atoms with van der Waals surface area (Å²) in [5.74, 6) is 0.729. The normalized spacial score (nSPS) is 11.0. The summed E-state index contributed by atoms with van der Waals surface area (Å²) in [6.07, 6.45) is 2.62. The molecule has 5 nitrogen and oxygen atoms in total. The number of unbranched alkanes of at least 4 members (excludes halogenated alkanes) is 1. The molecule has 0 aliphatic carbocycles. The molecule has 2 heterocycles. The summed E-state index contributed by atoms with van der Waals surface area (Å²) in [4.78, 5) is 21.7. The van der Waals surface area contributed by atoms with Gasteiger partial charge in [-0.25, -0.2) is 9.97 Å². The highest BCUT2D eigenvalue weighted by Gasteiger charge is 2.13. The zero-order valence-electron chi connectivity index (χ0n) is 17.5.